The van der Waals surface area contributed by atoms with E-state index in [0.717, 1.165) is 11.3 Å². The van der Waals surface area contributed by atoms with Gasteiger partial charge in [-0.2, -0.15) is 0 Å². The van der Waals surface area contributed by atoms with Crippen molar-refractivity contribution in [2.75, 3.05) is 26.1 Å². The molecule has 0 saturated carbocycles. The highest BCUT2D eigenvalue weighted by Gasteiger charge is 2.35. The van der Waals surface area contributed by atoms with Crippen LogP contribution in [0.1, 0.15) is 12.0 Å². The number of hydrogen-bond donors (Lipinski definition) is 1. The molecule has 0 spiro atoms. The molecule has 186 valence electrons. The van der Waals surface area contributed by atoms with Crippen molar-refractivity contribution in [2.24, 2.45) is 4.99 Å². The maximum absolute atomic E-state index is 13.2. The topological polar surface area (TPSA) is 80.2 Å². The Bertz CT molecular complexity index is 1250. The highest BCUT2D eigenvalue weighted by atomic mass is 35.5. The second-order valence-corrected chi connectivity index (χ2v) is 9.65. The normalized spacial score (nSPS) is 16.6. The number of amidine groups is 1. The lowest BCUT2D eigenvalue weighted by Crippen LogP contribution is -2.46. The summed E-state index contributed by atoms with van der Waals surface area (Å²) >= 11 is 7.32. The molecular weight excluding hydrogens is 498 g/mol. The number of nitrogens with one attached hydrogen (secondary N) is 1. The van der Waals surface area contributed by atoms with E-state index in [0.29, 0.717) is 40.3 Å². The molecule has 1 saturated heterocycles. The van der Waals surface area contributed by atoms with Crippen LogP contribution in [0.3, 0.4) is 0 Å². The van der Waals surface area contributed by atoms with Crippen molar-refractivity contribution in [1.82, 2.24) is 4.90 Å². The SMILES string of the molecule is COc1ccc(CCN2C(=O)C[C@H](C(=O)Nc3cccc(Cl)c3)SC2=Nc2ccc(OC)cc2)cc1. The van der Waals surface area contributed by atoms with Gasteiger partial charge in [-0.3, -0.25) is 14.5 Å². The highest BCUT2D eigenvalue weighted by molar-refractivity contribution is 8.15. The molecule has 1 atom stereocenters. The molecule has 2 amide bonds. The van der Waals surface area contributed by atoms with Gasteiger partial charge >= 0.3 is 0 Å². The van der Waals surface area contributed by atoms with Crippen molar-refractivity contribution >= 4 is 51.7 Å². The monoisotopic (exact) mass is 523 g/mol. The number of aliphatic imine (C=N–C) groups is 1. The zero-order valence-corrected chi connectivity index (χ0v) is 21.5. The lowest BCUT2D eigenvalue weighted by atomic mass is 10.1. The van der Waals surface area contributed by atoms with Gasteiger partial charge < -0.3 is 14.8 Å². The molecule has 7 nitrogen and oxygen atoms in total. The van der Waals surface area contributed by atoms with Gasteiger partial charge in [-0.15, -0.1) is 0 Å². The van der Waals surface area contributed by atoms with Crippen LogP contribution >= 0.6 is 23.4 Å². The number of rotatable bonds is 8. The van der Waals surface area contributed by atoms with Crippen LogP contribution in [0.2, 0.25) is 5.02 Å². The first-order chi connectivity index (χ1) is 17.4. The van der Waals surface area contributed by atoms with Crippen molar-refractivity contribution in [3.63, 3.8) is 0 Å². The predicted octanol–water partition coefficient (Wildman–Crippen LogP) is 5.56. The lowest BCUT2D eigenvalue weighted by Gasteiger charge is -2.32. The number of thioether (sulfide) groups is 1. The third-order valence-electron chi connectivity index (χ3n) is 5.60. The molecule has 0 aromatic heterocycles. The summed E-state index contributed by atoms with van der Waals surface area (Å²) in [7, 11) is 3.22. The first-order valence-corrected chi connectivity index (χ1v) is 12.6. The smallest absolute Gasteiger partial charge is 0.238 e. The second-order valence-electron chi connectivity index (χ2n) is 8.05. The van der Waals surface area contributed by atoms with E-state index in [1.54, 1.807) is 55.5 Å². The average Bonchev–Trinajstić information content (AvgIpc) is 2.89. The first kappa shape index (κ1) is 25.6. The van der Waals surface area contributed by atoms with Crippen molar-refractivity contribution < 1.29 is 19.1 Å². The minimum Gasteiger partial charge on any atom is -0.497 e. The number of ether oxygens (including phenoxy) is 2. The maximum Gasteiger partial charge on any atom is 0.238 e. The molecule has 0 aliphatic carbocycles. The van der Waals surface area contributed by atoms with Crippen molar-refractivity contribution in [2.45, 2.75) is 18.1 Å². The fourth-order valence-electron chi connectivity index (χ4n) is 3.65. The minimum absolute atomic E-state index is 0.0707. The summed E-state index contributed by atoms with van der Waals surface area (Å²) in [4.78, 5) is 32.6. The van der Waals surface area contributed by atoms with E-state index < -0.39 is 5.25 Å². The van der Waals surface area contributed by atoms with Crippen molar-refractivity contribution in [3.05, 3.63) is 83.4 Å². The van der Waals surface area contributed by atoms with Gasteiger partial charge in [0.1, 0.15) is 16.7 Å². The van der Waals surface area contributed by atoms with Crippen LogP contribution in [0.4, 0.5) is 11.4 Å². The van der Waals surface area contributed by atoms with E-state index in [1.165, 1.54) is 11.8 Å². The molecule has 1 aliphatic rings. The molecule has 3 aromatic carbocycles. The Kier molecular flexibility index (Phi) is 8.51. The van der Waals surface area contributed by atoms with Gasteiger partial charge in [0.05, 0.1) is 19.9 Å². The zero-order chi connectivity index (χ0) is 25.5. The van der Waals surface area contributed by atoms with Crippen LogP contribution in [-0.2, 0) is 16.0 Å². The number of halogens is 1. The molecule has 0 bridgehead atoms. The Hall–Kier alpha value is -3.49. The molecule has 1 heterocycles. The number of carbonyl (C=O) groups is 2. The molecule has 1 fully saturated rings. The van der Waals surface area contributed by atoms with E-state index in [-0.39, 0.29) is 18.2 Å². The molecule has 1 aliphatic heterocycles. The number of benzene rings is 3. The summed E-state index contributed by atoms with van der Waals surface area (Å²) < 4.78 is 10.4. The number of anilines is 1. The first-order valence-electron chi connectivity index (χ1n) is 11.3. The van der Waals surface area contributed by atoms with Crippen LogP contribution in [0, 0.1) is 0 Å². The van der Waals surface area contributed by atoms with Crippen molar-refractivity contribution in [3.8, 4) is 11.5 Å². The van der Waals surface area contributed by atoms with E-state index >= 15 is 0 Å². The molecule has 9 heteroatoms. The zero-order valence-electron chi connectivity index (χ0n) is 19.9. The second kappa shape index (κ2) is 12.0. The standard InChI is InChI=1S/C27H26ClN3O4S/c1-34-22-10-6-18(7-11-22)14-15-31-25(32)17-24(26(33)29-21-5-3-4-19(28)16-21)36-27(31)30-20-8-12-23(35-2)13-9-20/h3-13,16,24H,14-15,17H2,1-2H3,(H,29,33)/t24-/m1/s1. The summed E-state index contributed by atoms with van der Waals surface area (Å²) in [5.74, 6) is 1.06. The lowest BCUT2D eigenvalue weighted by molar-refractivity contribution is -0.129. The minimum atomic E-state index is -0.620. The Morgan fingerprint density at radius 2 is 1.72 bits per heavy atom. The quantitative estimate of drug-likeness (QED) is 0.418. The summed E-state index contributed by atoms with van der Waals surface area (Å²) in [6.07, 6.45) is 0.707. The summed E-state index contributed by atoms with van der Waals surface area (Å²) in [5, 5.41) is 3.24. The summed E-state index contributed by atoms with van der Waals surface area (Å²) in [6, 6.07) is 21.9. The van der Waals surface area contributed by atoms with E-state index in [2.05, 4.69) is 5.32 Å². The Labute approximate surface area is 219 Å². The summed E-state index contributed by atoms with van der Waals surface area (Å²) in [5.41, 5.74) is 2.31. The highest BCUT2D eigenvalue weighted by Crippen LogP contribution is 2.31. The number of hydrogen-bond acceptors (Lipinski definition) is 6. The Balaban J connectivity index is 1.54. The Morgan fingerprint density at radius 3 is 2.36 bits per heavy atom. The van der Waals surface area contributed by atoms with Gasteiger partial charge in [-0.25, -0.2) is 4.99 Å². The largest absolute Gasteiger partial charge is 0.497 e. The van der Waals surface area contributed by atoms with Gasteiger partial charge in [0, 0.05) is 23.7 Å². The van der Waals surface area contributed by atoms with Crippen molar-refractivity contribution in [1.29, 1.82) is 0 Å². The molecule has 3 aromatic rings. The van der Waals surface area contributed by atoms with Gasteiger partial charge in [0.25, 0.3) is 0 Å². The molecule has 0 radical (unpaired) electrons. The van der Waals surface area contributed by atoms with Crippen LogP contribution < -0.4 is 14.8 Å². The third kappa shape index (κ3) is 6.59. The third-order valence-corrected chi connectivity index (χ3v) is 7.03. The number of nitrogens with zero attached hydrogens (tertiary/aromatic N) is 2. The van der Waals surface area contributed by atoms with Crippen LogP contribution in [0.25, 0.3) is 0 Å². The Morgan fingerprint density at radius 1 is 1.06 bits per heavy atom. The summed E-state index contributed by atoms with van der Waals surface area (Å²) in [6.45, 7) is 0.440. The average molecular weight is 524 g/mol. The molecular formula is C27H26ClN3O4S. The molecule has 36 heavy (non-hydrogen) atoms. The molecule has 0 unspecified atom stereocenters. The predicted molar refractivity (Wildman–Crippen MR) is 145 cm³/mol. The van der Waals surface area contributed by atoms with Crippen LogP contribution in [0.5, 0.6) is 11.5 Å². The van der Waals surface area contributed by atoms with E-state index in [9.17, 15) is 9.59 Å². The molecule has 4 rings (SSSR count). The van der Waals surface area contributed by atoms with Gasteiger partial charge in [-0.05, 0) is 66.6 Å². The van der Waals surface area contributed by atoms with Gasteiger partial charge in [0.15, 0.2) is 5.17 Å². The van der Waals surface area contributed by atoms with Crippen LogP contribution in [0.15, 0.2) is 77.8 Å². The fourth-order valence-corrected chi connectivity index (χ4v) is 4.97. The van der Waals surface area contributed by atoms with Crippen LogP contribution in [-0.4, -0.2) is 47.9 Å². The van der Waals surface area contributed by atoms with E-state index in [4.69, 9.17) is 26.1 Å². The number of amides is 2. The van der Waals surface area contributed by atoms with E-state index in [1.807, 2.05) is 36.4 Å². The number of methoxy groups -OCH3 is 2. The van der Waals surface area contributed by atoms with Gasteiger partial charge in [0.2, 0.25) is 11.8 Å². The number of carbonyl (C=O) groups excluding carboxylic acids is 2. The molecule has 1 N–H and O–H groups in total. The fraction of sp³-hybridized carbons (Fsp3) is 0.222. The maximum atomic E-state index is 13.2. The van der Waals surface area contributed by atoms with Gasteiger partial charge in [-0.1, -0.05) is 41.6 Å².